The van der Waals surface area contributed by atoms with Crippen molar-refractivity contribution in [2.45, 2.75) is 38.8 Å². The van der Waals surface area contributed by atoms with Crippen molar-refractivity contribution in [1.29, 1.82) is 0 Å². The third-order valence-corrected chi connectivity index (χ3v) is 3.62. The first kappa shape index (κ1) is 17.3. The molecule has 0 fully saturated rings. The van der Waals surface area contributed by atoms with Crippen LogP contribution in [0.4, 0.5) is 0 Å². The van der Waals surface area contributed by atoms with Crippen molar-refractivity contribution >= 4 is 33.4 Å². The molecule has 1 rings (SSSR count). The van der Waals surface area contributed by atoms with E-state index in [0.29, 0.717) is 21.7 Å². The molecule has 0 saturated heterocycles. The summed E-state index contributed by atoms with van der Waals surface area (Å²) in [5.74, 6) is 0.322. The van der Waals surface area contributed by atoms with Crippen molar-refractivity contribution in [2.75, 3.05) is 6.61 Å². The lowest BCUT2D eigenvalue weighted by atomic mass is 10.0. The lowest BCUT2D eigenvalue weighted by Gasteiger charge is -2.27. The Kier molecular flexibility index (Phi) is 6.30. The number of ether oxygens (including phenoxy) is 1. The molecule has 0 heterocycles. The summed E-state index contributed by atoms with van der Waals surface area (Å²) in [4.78, 5) is 12.1. The maximum atomic E-state index is 12.1. The van der Waals surface area contributed by atoms with Crippen molar-refractivity contribution in [3.05, 3.63) is 27.7 Å². The summed E-state index contributed by atoms with van der Waals surface area (Å²) in [7, 11) is 0. The van der Waals surface area contributed by atoms with Gasteiger partial charge in [-0.3, -0.25) is 4.79 Å². The molecule has 0 aliphatic carbocycles. The van der Waals surface area contributed by atoms with Gasteiger partial charge in [-0.1, -0.05) is 11.6 Å². The summed E-state index contributed by atoms with van der Waals surface area (Å²) in [6.45, 7) is 5.40. The number of nitrogens with one attached hydrogen (secondary N) is 1. The summed E-state index contributed by atoms with van der Waals surface area (Å²) in [6, 6.07) is 5.11. The van der Waals surface area contributed by atoms with Crippen LogP contribution in [0.2, 0.25) is 5.02 Å². The first-order valence-electron chi connectivity index (χ1n) is 6.30. The fourth-order valence-corrected chi connectivity index (χ4v) is 2.37. The fourth-order valence-electron chi connectivity index (χ4n) is 1.59. The van der Waals surface area contributed by atoms with Gasteiger partial charge in [0.25, 0.3) is 5.91 Å². The molecular formula is C14H19BrClNO3. The van der Waals surface area contributed by atoms with Crippen molar-refractivity contribution in [2.24, 2.45) is 0 Å². The van der Waals surface area contributed by atoms with Crippen LogP contribution in [-0.4, -0.2) is 29.3 Å². The van der Waals surface area contributed by atoms with Crippen LogP contribution in [0.5, 0.6) is 5.75 Å². The van der Waals surface area contributed by atoms with Gasteiger partial charge in [-0.15, -0.1) is 0 Å². The van der Waals surface area contributed by atoms with Crippen molar-refractivity contribution < 1.29 is 14.6 Å². The molecule has 6 heteroatoms. The molecule has 0 aliphatic rings. The van der Waals surface area contributed by atoms with Crippen molar-refractivity contribution in [1.82, 2.24) is 5.32 Å². The smallest absolute Gasteiger partial charge is 0.261 e. The number of amides is 1. The molecule has 1 aromatic rings. The quantitative estimate of drug-likeness (QED) is 0.815. The summed E-state index contributed by atoms with van der Waals surface area (Å²) < 4.78 is 6.30. The van der Waals surface area contributed by atoms with Gasteiger partial charge in [-0.25, -0.2) is 0 Å². The minimum atomic E-state index is -0.648. The number of halogens is 2. The van der Waals surface area contributed by atoms with E-state index in [1.807, 2.05) is 13.8 Å². The van der Waals surface area contributed by atoms with E-state index in [2.05, 4.69) is 21.2 Å². The third kappa shape index (κ3) is 5.31. The second-order valence-electron chi connectivity index (χ2n) is 5.18. The number of carbonyl (C=O) groups excluding carboxylic acids is 1. The second-order valence-corrected chi connectivity index (χ2v) is 6.47. The van der Waals surface area contributed by atoms with Gasteiger partial charge in [0.05, 0.1) is 4.47 Å². The van der Waals surface area contributed by atoms with Crippen LogP contribution in [0.1, 0.15) is 27.2 Å². The van der Waals surface area contributed by atoms with Crippen LogP contribution < -0.4 is 10.1 Å². The molecule has 0 saturated carbocycles. The van der Waals surface area contributed by atoms with E-state index in [-0.39, 0.29) is 12.5 Å². The zero-order valence-corrected chi connectivity index (χ0v) is 14.1. The molecule has 0 aliphatic heterocycles. The molecule has 112 valence electrons. The number of aliphatic hydroxyl groups excluding tert-OH is 1. The molecule has 0 aromatic heterocycles. The number of rotatable bonds is 6. The van der Waals surface area contributed by atoms with Crippen LogP contribution in [0, 0.1) is 0 Å². The average Bonchev–Trinajstić information content (AvgIpc) is 2.31. The van der Waals surface area contributed by atoms with E-state index < -0.39 is 11.6 Å². The molecule has 0 radical (unpaired) electrons. The topological polar surface area (TPSA) is 58.6 Å². The first-order chi connectivity index (χ1) is 9.25. The highest BCUT2D eigenvalue weighted by Gasteiger charge is 2.24. The largest absolute Gasteiger partial charge is 0.480 e. The van der Waals surface area contributed by atoms with E-state index in [1.54, 1.807) is 25.1 Å². The van der Waals surface area contributed by atoms with Crippen LogP contribution in [0.15, 0.2) is 22.7 Å². The predicted molar refractivity (Wildman–Crippen MR) is 83.2 cm³/mol. The Morgan fingerprint density at radius 1 is 1.55 bits per heavy atom. The van der Waals surface area contributed by atoms with Crippen LogP contribution in [0.3, 0.4) is 0 Å². The zero-order valence-electron chi connectivity index (χ0n) is 11.7. The van der Waals surface area contributed by atoms with Gasteiger partial charge < -0.3 is 15.2 Å². The summed E-state index contributed by atoms with van der Waals surface area (Å²) in [5, 5.41) is 12.4. The average molecular weight is 365 g/mol. The molecule has 0 spiro atoms. The van der Waals surface area contributed by atoms with Gasteiger partial charge in [0.2, 0.25) is 0 Å². The molecule has 0 bridgehead atoms. The monoisotopic (exact) mass is 363 g/mol. The minimum Gasteiger partial charge on any atom is -0.480 e. The molecule has 1 amide bonds. The Balaban J connectivity index is 2.66. The SMILES string of the molecule is CC(Oc1ccc(Cl)cc1Br)C(=O)NC(C)(C)CCO. The molecular weight excluding hydrogens is 346 g/mol. The molecule has 4 nitrogen and oxygen atoms in total. The van der Waals surface area contributed by atoms with Gasteiger partial charge in [0, 0.05) is 17.2 Å². The number of benzene rings is 1. The van der Waals surface area contributed by atoms with Crippen LogP contribution in [0.25, 0.3) is 0 Å². The first-order valence-corrected chi connectivity index (χ1v) is 7.47. The Morgan fingerprint density at radius 3 is 2.75 bits per heavy atom. The van der Waals surface area contributed by atoms with Crippen LogP contribution >= 0.6 is 27.5 Å². The summed E-state index contributed by atoms with van der Waals surface area (Å²) >= 11 is 9.19. The zero-order chi connectivity index (χ0) is 15.3. The Labute approximate surface area is 132 Å². The molecule has 20 heavy (non-hydrogen) atoms. The maximum Gasteiger partial charge on any atom is 0.261 e. The van der Waals surface area contributed by atoms with Gasteiger partial charge >= 0.3 is 0 Å². The number of carbonyl (C=O) groups is 1. The Hall–Kier alpha value is -0.780. The van der Waals surface area contributed by atoms with Crippen LogP contribution in [-0.2, 0) is 4.79 Å². The van der Waals surface area contributed by atoms with E-state index in [0.717, 1.165) is 0 Å². The van der Waals surface area contributed by atoms with Gasteiger partial charge in [-0.2, -0.15) is 0 Å². The lowest BCUT2D eigenvalue weighted by molar-refractivity contribution is -0.129. The Morgan fingerprint density at radius 2 is 2.20 bits per heavy atom. The van der Waals surface area contributed by atoms with E-state index in [9.17, 15) is 4.79 Å². The highest BCUT2D eigenvalue weighted by atomic mass is 79.9. The number of hydrogen-bond donors (Lipinski definition) is 2. The highest BCUT2D eigenvalue weighted by Crippen LogP contribution is 2.28. The lowest BCUT2D eigenvalue weighted by Crippen LogP contribution is -2.49. The molecule has 2 N–H and O–H groups in total. The molecule has 1 aromatic carbocycles. The van der Waals surface area contributed by atoms with E-state index in [4.69, 9.17) is 21.4 Å². The number of hydrogen-bond acceptors (Lipinski definition) is 3. The number of aliphatic hydroxyl groups is 1. The van der Waals surface area contributed by atoms with E-state index >= 15 is 0 Å². The predicted octanol–water partition coefficient (Wildman–Crippen LogP) is 3.15. The van der Waals surface area contributed by atoms with E-state index in [1.165, 1.54) is 0 Å². The third-order valence-electron chi connectivity index (χ3n) is 2.77. The van der Waals surface area contributed by atoms with Gasteiger partial charge in [-0.05, 0) is 61.3 Å². The molecule has 1 atom stereocenters. The Bertz CT molecular complexity index is 479. The highest BCUT2D eigenvalue weighted by molar-refractivity contribution is 9.10. The minimum absolute atomic E-state index is 0.0191. The summed E-state index contributed by atoms with van der Waals surface area (Å²) in [6.07, 6.45) is -0.165. The fraction of sp³-hybridized carbons (Fsp3) is 0.500. The summed E-state index contributed by atoms with van der Waals surface area (Å²) in [5.41, 5.74) is -0.472. The standard InChI is InChI=1S/C14H19BrClNO3/c1-9(13(19)17-14(2,3)6-7-18)20-12-5-4-10(16)8-11(12)15/h4-5,8-9,18H,6-7H2,1-3H3,(H,17,19). The van der Waals surface area contributed by atoms with Gasteiger partial charge in [0.15, 0.2) is 6.10 Å². The molecule has 1 unspecified atom stereocenters. The normalized spacial score (nSPS) is 12.9. The van der Waals surface area contributed by atoms with Crippen molar-refractivity contribution in [3.8, 4) is 5.75 Å². The maximum absolute atomic E-state index is 12.1. The second kappa shape index (κ2) is 7.29. The van der Waals surface area contributed by atoms with Gasteiger partial charge in [0.1, 0.15) is 5.75 Å². The van der Waals surface area contributed by atoms with Crippen molar-refractivity contribution in [3.63, 3.8) is 0 Å².